The van der Waals surface area contributed by atoms with E-state index in [2.05, 4.69) is 19.9 Å². The third-order valence-corrected chi connectivity index (χ3v) is 8.60. The van der Waals surface area contributed by atoms with Crippen molar-refractivity contribution in [2.75, 3.05) is 19.7 Å². The minimum absolute atomic E-state index is 0.105. The largest absolute Gasteiger partial charge is 0.395 e. The molecular formula is C36H43FN4O3. The van der Waals surface area contributed by atoms with E-state index in [0.29, 0.717) is 54.1 Å². The highest BCUT2D eigenvalue weighted by molar-refractivity contribution is 5.92. The molecule has 4 aromatic rings. The second-order valence-corrected chi connectivity index (χ2v) is 11.7. The lowest BCUT2D eigenvalue weighted by molar-refractivity contribution is -0.0529. The highest BCUT2D eigenvalue weighted by atomic mass is 19.1. The van der Waals surface area contributed by atoms with Crippen LogP contribution >= 0.6 is 0 Å². The van der Waals surface area contributed by atoms with Crippen LogP contribution in [-0.2, 0) is 13.0 Å². The molecule has 1 aromatic heterocycles. The van der Waals surface area contributed by atoms with E-state index in [9.17, 15) is 19.4 Å². The summed E-state index contributed by atoms with van der Waals surface area (Å²) in [5.41, 5.74) is 5.49. The quantitative estimate of drug-likeness (QED) is 0.196. The van der Waals surface area contributed by atoms with Crippen molar-refractivity contribution in [2.45, 2.75) is 71.7 Å². The van der Waals surface area contributed by atoms with Gasteiger partial charge in [0.1, 0.15) is 12.0 Å². The number of nitrogens with zero attached hydrogens (tertiary/aromatic N) is 4. The van der Waals surface area contributed by atoms with Crippen LogP contribution < -0.4 is 0 Å². The average Bonchev–Trinajstić information content (AvgIpc) is 3.44. The standard InChI is InChI=1S/C36H43FN4O3/c1-4-6-18-39(19-7-5-2)36(44)33-20-25(3)41(38-33)34-17-16-27(30-14-10-11-15-32(30)37)22-31(34)35(43)40-23-28-13-9-8-12-26(28)21-29(40)24-42/h8-17,20,22,29,35,42-43H,4-7,18-19,21,23-24H2,1-3H3/t29-,35?/m0/s1. The SMILES string of the molecule is CCCCN(CCCC)C(=O)c1cc(C)n(-c2ccc(-c3ccccc3F)cc2C(O)N2Cc3ccccc3C[C@H]2CO)n1. The summed E-state index contributed by atoms with van der Waals surface area (Å²) in [7, 11) is 0. The van der Waals surface area contributed by atoms with Crippen molar-refractivity contribution in [1.29, 1.82) is 0 Å². The van der Waals surface area contributed by atoms with Crippen LogP contribution in [0.5, 0.6) is 0 Å². The Morgan fingerprint density at radius 3 is 2.36 bits per heavy atom. The highest BCUT2D eigenvalue weighted by Gasteiger charge is 2.33. The molecule has 3 aromatic carbocycles. The molecule has 0 radical (unpaired) electrons. The van der Waals surface area contributed by atoms with Gasteiger partial charge in [-0.1, -0.05) is 75.2 Å². The molecule has 0 spiro atoms. The van der Waals surface area contributed by atoms with E-state index in [1.165, 1.54) is 6.07 Å². The van der Waals surface area contributed by atoms with Crippen LogP contribution in [0.1, 0.15) is 78.6 Å². The van der Waals surface area contributed by atoms with Crippen molar-refractivity contribution in [2.24, 2.45) is 0 Å². The second-order valence-electron chi connectivity index (χ2n) is 11.7. The molecule has 1 aliphatic heterocycles. The van der Waals surface area contributed by atoms with Crippen molar-refractivity contribution in [1.82, 2.24) is 19.6 Å². The van der Waals surface area contributed by atoms with Gasteiger partial charge in [-0.3, -0.25) is 9.69 Å². The maximum atomic E-state index is 14.9. The molecule has 1 unspecified atom stereocenters. The van der Waals surface area contributed by atoms with E-state index in [1.807, 2.05) is 47.1 Å². The first-order valence-corrected chi connectivity index (χ1v) is 15.7. The molecule has 0 fully saturated rings. The maximum Gasteiger partial charge on any atom is 0.274 e. The van der Waals surface area contributed by atoms with Crippen molar-refractivity contribution >= 4 is 5.91 Å². The summed E-state index contributed by atoms with van der Waals surface area (Å²) < 4.78 is 16.6. The molecule has 5 rings (SSSR count). The molecule has 2 heterocycles. The van der Waals surface area contributed by atoms with Crippen LogP contribution in [-0.4, -0.2) is 61.4 Å². The van der Waals surface area contributed by atoms with Gasteiger partial charge in [-0.15, -0.1) is 0 Å². The lowest BCUT2D eigenvalue weighted by Gasteiger charge is -2.39. The predicted octanol–water partition coefficient (Wildman–Crippen LogP) is 6.44. The number of fused-ring (bicyclic) bond motifs is 1. The number of aryl methyl sites for hydroxylation is 1. The van der Waals surface area contributed by atoms with Gasteiger partial charge in [0.25, 0.3) is 5.91 Å². The van der Waals surface area contributed by atoms with E-state index in [-0.39, 0.29) is 24.4 Å². The maximum absolute atomic E-state index is 14.9. The average molecular weight is 599 g/mol. The molecule has 8 heteroatoms. The summed E-state index contributed by atoms with van der Waals surface area (Å²) in [6.07, 6.45) is 3.30. The lowest BCUT2D eigenvalue weighted by atomic mass is 9.92. The molecule has 0 saturated carbocycles. The van der Waals surface area contributed by atoms with Crippen molar-refractivity contribution in [3.05, 3.63) is 107 Å². The summed E-state index contributed by atoms with van der Waals surface area (Å²) in [5.74, 6) is -0.463. The monoisotopic (exact) mass is 598 g/mol. The van der Waals surface area contributed by atoms with Crippen molar-refractivity contribution in [3.8, 4) is 16.8 Å². The summed E-state index contributed by atoms with van der Waals surface area (Å²) in [6.45, 7) is 7.79. The minimum Gasteiger partial charge on any atom is -0.395 e. The van der Waals surface area contributed by atoms with Crippen LogP contribution in [0.3, 0.4) is 0 Å². The Hall–Kier alpha value is -3.85. The number of carbonyl (C=O) groups excluding carboxylic acids is 1. The first kappa shape index (κ1) is 31.6. The predicted molar refractivity (Wildman–Crippen MR) is 171 cm³/mol. The summed E-state index contributed by atoms with van der Waals surface area (Å²) in [4.78, 5) is 17.4. The fourth-order valence-electron chi connectivity index (χ4n) is 6.06. The van der Waals surface area contributed by atoms with Crippen LogP contribution in [0.4, 0.5) is 4.39 Å². The van der Waals surface area contributed by atoms with Gasteiger partial charge in [-0.05, 0) is 67.1 Å². The number of aliphatic hydroxyl groups is 2. The number of benzene rings is 3. The fourth-order valence-corrected chi connectivity index (χ4v) is 6.06. The van der Waals surface area contributed by atoms with E-state index in [4.69, 9.17) is 5.10 Å². The zero-order chi connectivity index (χ0) is 31.2. The summed E-state index contributed by atoms with van der Waals surface area (Å²) in [5, 5.41) is 27.2. The van der Waals surface area contributed by atoms with Crippen LogP contribution in [0.2, 0.25) is 0 Å². The Labute approximate surface area is 259 Å². The second kappa shape index (κ2) is 14.3. The molecular weight excluding hydrogens is 555 g/mol. The van der Waals surface area contributed by atoms with Gasteiger partial charge in [0.15, 0.2) is 5.69 Å². The number of carbonyl (C=O) groups is 1. The Morgan fingerprint density at radius 2 is 1.68 bits per heavy atom. The van der Waals surface area contributed by atoms with Crippen LogP contribution in [0, 0.1) is 12.7 Å². The third-order valence-electron chi connectivity index (χ3n) is 8.60. The number of rotatable bonds is 12. The van der Waals surface area contributed by atoms with Crippen molar-refractivity contribution in [3.63, 3.8) is 0 Å². The van der Waals surface area contributed by atoms with Crippen molar-refractivity contribution < 1.29 is 19.4 Å². The smallest absolute Gasteiger partial charge is 0.274 e. The number of aromatic nitrogens is 2. The zero-order valence-corrected chi connectivity index (χ0v) is 25.9. The first-order valence-electron chi connectivity index (χ1n) is 15.7. The number of halogens is 1. The Bertz CT molecular complexity index is 1580. The Balaban J connectivity index is 1.58. The van der Waals surface area contributed by atoms with E-state index < -0.39 is 6.23 Å². The lowest BCUT2D eigenvalue weighted by Crippen LogP contribution is -2.45. The van der Waals surface area contributed by atoms with Crippen LogP contribution in [0.25, 0.3) is 16.8 Å². The van der Waals surface area contributed by atoms with Gasteiger partial charge < -0.3 is 15.1 Å². The van der Waals surface area contributed by atoms with E-state index in [0.717, 1.165) is 42.5 Å². The number of hydrogen-bond acceptors (Lipinski definition) is 5. The van der Waals surface area contributed by atoms with E-state index >= 15 is 0 Å². The molecule has 0 saturated heterocycles. The third kappa shape index (κ3) is 6.62. The van der Waals surface area contributed by atoms with Gasteiger partial charge in [0.2, 0.25) is 0 Å². The zero-order valence-electron chi connectivity index (χ0n) is 25.9. The molecule has 44 heavy (non-hydrogen) atoms. The van der Waals surface area contributed by atoms with Gasteiger partial charge in [-0.2, -0.15) is 5.10 Å². The molecule has 0 bridgehead atoms. The molecule has 2 atom stereocenters. The highest BCUT2D eigenvalue weighted by Crippen LogP contribution is 2.36. The summed E-state index contributed by atoms with van der Waals surface area (Å²) in [6, 6.07) is 21.5. The fraction of sp³-hybridized carbons (Fsp3) is 0.389. The summed E-state index contributed by atoms with van der Waals surface area (Å²) >= 11 is 0. The van der Waals surface area contributed by atoms with Gasteiger partial charge in [-0.25, -0.2) is 9.07 Å². The van der Waals surface area contributed by atoms with Gasteiger partial charge in [0, 0.05) is 42.5 Å². The molecule has 1 aliphatic rings. The molecule has 0 aliphatic carbocycles. The number of aliphatic hydroxyl groups excluding tert-OH is 2. The van der Waals surface area contributed by atoms with Crippen LogP contribution in [0.15, 0.2) is 72.8 Å². The Kier molecular flexibility index (Phi) is 10.3. The first-order chi connectivity index (χ1) is 21.4. The van der Waals surface area contributed by atoms with Gasteiger partial charge in [0.05, 0.1) is 12.3 Å². The van der Waals surface area contributed by atoms with E-state index in [1.54, 1.807) is 35.0 Å². The Morgan fingerprint density at radius 1 is 1.00 bits per heavy atom. The minimum atomic E-state index is -1.13. The molecule has 1 amide bonds. The topological polar surface area (TPSA) is 81.8 Å². The molecule has 232 valence electrons. The van der Waals surface area contributed by atoms with Gasteiger partial charge >= 0.3 is 0 Å². The molecule has 2 N–H and O–H groups in total. The number of hydrogen-bond donors (Lipinski definition) is 2. The normalized spacial score (nSPS) is 15.6. The molecule has 7 nitrogen and oxygen atoms in total. The number of unbranched alkanes of at least 4 members (excludes halogenated alkanes) is 2. The number of amides is 1.